The molecule has 2 aromatic rings. The lowest BCUT2D eigenvalue weighted by Crippen LogP contribution is -2.18. The van der Waals surface area contributed by atoms with E-state index in [2.05, 4.69) is 20.4 Å². The molecular formula is C13H17ClN4O. The molecule has 0 aliphatic heterocycles. The highest BCUT2D eigenvalue weighted by atomic mass is 35.5. The minimum Gasteiger partial charge on any atom is -0.362 e. The second-order valence-electron chi connectivity index (χ2n) is 5.39. The molecule has 2 aromatic heterocycles. The van der Waals surface area contributed by atoms with Gasteiger partial charge in [0, 0.05) is 17.0 Å². The number of anilines is 1. The van der Waals surface area contributed by atoms with Crippen molar-refractivity contribution in [2.24, 2.45) is 0 Å². The van der Waals surface area contributed by atoms with Crippen LogP contribution in [-0.4, -0.2) is 15.1 Å². The van der Waals surface area contributed by atoms with Gasteiger partial charge in [0.2, 0.25) is 0 Å². The number of nitrogens with one attached hydrogen (secondary N) is 1. The maximum absolute atomic E-state index is 6.16. The van der Waals surface area contributed by atoms with E-state index in [0.29, 0.717) is 17.5 Å². The highest BCUT2D eigenvalue weighted by molar-refractivity contribution is 6.30. The van der Waals surface area contributed by atoms with E-state index in [9.17, 15) is 0 Å². The summed E-state index contributed by atoms with van der Waals surface area (Å²) < 4.78 is 5.03. The predicted molar refractivity (Wildman–Crippen MR) is 74.3 cm³/mol. The number of hydrogen-bond acceptors (Lipinski definition) is 5. The Balaban J connectivity index is 2.26. The van der Waals surface area contributed by atoms with Crippen LogP contribution in [-0.2, 0) is 12.0 Å². The highest BCUT2D eigenvalue weighted by Gasteiger charge is 2.20. The maximum Gasteiger partial charge on any atom is 0.155 e. The van der Waals surface area contributed by atoms with Gasteiger partial charge >= 0.3 is 0 Å². The molecule has 0 aliphatic rings. The first-order valence-corrected chi connectivity index (χ1v) is 6.44. The molecule has 0 spiro atoms. The fraction of sp³-hybridized carbons (Fsp3) is 0.462. The molecule has 0 aliphatic carbocycles. The molecule has 5 nitrogen and oxygen atoms in total. The van der Waals surface area contributed by atoms with Gasteiger partial charge in [-0.3, -0.25) is 0 Å². The Morgan fingerprint density at radius 3 is 2.63 bits per heavy atom. The van der Waals surface area contributed by atoms with Gasteiger partial charge in [0.1, 0.15) is 16.8 Å². The van der Waals surface area contributed by atoms with Crippen LogP contribution in [0.4, 0.5) is 5.82 Å². The molecular weight excluding hydrogens is 264 g/mol. The normalized spacial score (nSPS) is 11.6. The van der Waals surface area contributed by atoms with Crippen molar-refractivity contribution < 1.29 is 4.52 Å². The summed E-state index contributed by atoms with van der Waals surface area (Å²) in [7, 11) is 0. The standard InChI is InChI=1S/C13H17ClN4O/c1-8-10(14)17-12(13(2,3)4)18-11(8)15-7-9-5-6-16-19-9/h5-6H,7H2,1-4H3,(H,15,17,18). The first-order chi connectivity index (χ1) is 8.88. The maximum atomic E-state index is 6.16. The lowest BCUT2D eigenvalue weighted by atomic mass is 9.95. The minimum atomic E-state index is -0.153. The Morgan fingerprint density at radius 1 is 1.32 bits per heavy atom. The lowest BCUT2D eigenvalue weighted by Gasteiger charge is -2.19. The smallest absolute Gasteiger partial charge is 0.155 e. The number of nitrogens with zero attached hydrogens (tertiary/aromatic N) is 3. The van der Waals surface area contributed by atoms with Gasteiger partial charge in [-0.15, -0.1) is 0 Å². The van der Waals surface area contributed by atoms with Crippen molar-refractivity contribution in [3.63, 3.8) is 0 Å². The zero-order valence-electron chi connectivity index (χ0n) is 11.5. The summed E-state index contributed by atoms with van der Waals surface area (Å²) >= 11 is 6.16. The Kier molecular flexibility index (Phi) is 3.75. The molecule has 6 heteroatoms. The molecule has 19 heavy (non-hydrogen) atoms. The average Bonchev–Trinajstić information content (AvgIpc) is 2.82. The second kappa shape index (κ2) is 5.17. The van der Waals surface area contributed by atoms with E-state index in [1.165, 1.54) is 0 Å². The molecule has 2 heterocycles. The van der Waals surface area contributed by atoms with Crippen LogP contribution < -0.4 is 5.32 Å². The molecule has 0 atom stereocenters. The zero-order chi connectivity index (χ0) is 14.0. The molecule has 0 radical (unpaired) electrons. The van der Waals surface area contributed by atoms with Crippen LogP contribution >= 0.6 is 11.6 Å². The predicted octanol–water partition coefficient (Wildman–Crippen LogP) is 3.34. The third-order valence-electron chi connectivity index (χ3n) is 2.68. The van der Waals surface area contributed by atoms with E-state index < -0.39 is 0 Å². The first-order valence-electron chi connectivity index (χ1n) is 6.06. The molecule has 0 aromatic carbocycles. The molecule has 0 saturated carbocycles. The number of halogens is 1. The summed E-state index contributed by atoms with van der Waals surface area (Å²) in [5, 5.41) is 7.33. The molecule has 0 fully saturated rings. The monoisotopic (exact) mass is 280 g/mol. The third kappa shape index (κ3) is 3.23. The van der Waals surface area contributed by atoms with Gasteiger partial charge in [-0.25, -0.2) is 9.97 Å². The van der Waals surface area contributed by atoms with Crippen molar-refractivity contribution in [1.82, 2.24) is 15.1 Å². The molecule has 0 bridgehead atoms. The van der Waals surface area contributed by atoms with Gasteiger partial charge in [0.15, 0.2) is 5.76 Å². The van der Waals surface area contributed by atoms with Crippen LogP contribution in [0, 0.1) is 6.92 Å². The number of aromatic nitrogens is 3. The van der Waals surface area contributed by atoms with Crippen LogP contribution in [0.2, 0.25) is 5.15 Å². The topological polar surface area (TPSA) is 63.8 Å². The molecule has 102 valence electrons. The Hall–Kier alpha value is -1.62. The summed E-state index contributed by atoms with van der Waals surface area (Å²) in [5.74, 6) is 2.18. The van der Waals surface area contributed by atoms with Crippen molar-refractivity contribution in [2.75, 3.05) is 5.32 Å². The fourth-order valence-corrected chi connectivity index (χ4v) is 1.67. The van der Waals surface area contributed by atoms with Crippen molar-refractivity contribution in [3.05, 3.63) is 34.6 Å². The van der Waals surface area contributed by atoms with Gasteiger partial charge < -0.3 is 9.84 Å². The summed E-state index contributed by atoms with van der Waals surface area (Å²) in [6, 6.07) is 1.80. The summed E-state index contributed by atoms with van der Waals surface area (Å²) in [6.07, 6.45) is 1.61. The molecule has 0 amide bonds. The average molecular weight is 281 g/mol. The van der Waals surface area contributed by atoms with E-state index in [1.807, 2.05) is 27.7 Å². The zero-order valence-corrected chi connectivity index (χ0v) is 12.2. The van der Waals surface area contributed by atoms with Gasteiger partial charge in [0.25, 0.3) is 0 Å². The van der Waals surface area contributed by atoms with Gasteiger partial charge in [-0.1, -0.05) is 37.5 Å². The Labute approximate surface area is 117 Å². The van der Waals surface area contributed by atoms with Crippen LogP contribution in [0.1, 0.15) is 37.9 Å². The van der Waals surface area contributed by atoms with E-state index in [4.69, 9.17) is 16.1 Å². The van der Waals surface area contributed by atoms with Crippen LogP contribution in [0.3, 0.4) is 0 Å². The Bertz CT molecular complexity index is 561. The van der Waals surface area contributed by atoms with Crippen molar-refractivity contribution in [3.8, 4) is 0 Å². The van der Waals surface area contributed by atoms with Gasteiger partial charge in [-0.05, 0) is 6.92 Å². The highest BCUT2D eigenvalue weighted by Crippen LogP contribution is 2.26. The summed E-state index contributed by atoms with van der Waals surface area (Å²) in [4.78, 5) is 8.86. The SMILES string of the molecule is Cc1c(Cl)nc(C(C)(C)C)nc1NCc1ccno1. The molecule has 0 unspecified atom stereocenters. The number of rotatable bonds is 3. The summed E-state index contributed by atoms with van der Waals surface area (Å²) in [6.45, 7) is 8.55. The Morgan fingerprint density at radius 2 is 2.05 bits per heavy atom. The minimum absolute atomic E-state index is 0.153. The first kappa shape index (κ1) is 13.8. The second-order valence-corrected chi connectivity index (χ2v) is 5.75. The van der Waals surface area contributed by atoms with Crippen LogP contribution in [0.25, 0.3) is 0 Å². The summed E-state index contributed by atoms with van der Waals surface area (Å²) in [5.41, 5.74) is 0.675. The molecule has 1 N–H and O–H groups in total. The van der Waals surface area contributed by atoms with Gasteiger partial charge in [0.05, 0.1) is 12.7 Å². The van der Waals surface area contributed by atoms with E-state index in [0.717, 1.165) is 17.1 Å². The van der Waals surface area contributed by atoms with E-state index in [-0.39, 0.29) is 5.41 Å². The third-order valence-corrected chi connectivity index (χ3v) is 3.05. The lowest BCUT2D eigenvalue weighted by molar-refractivity contribution is 0.388. The van der Waals surface area contributed by atoms with Crippen molar-refractivity contribution >= 4 is 17.4 Å². The van der Waals surface area contributed by atoms with Crippen molar-refractivity contribution in [2.45, 2.75) is 39.7 Å². The largest absolute Gasteiger partial charge is 0.362 e. The molecule has 0 saturated heterocycles. The van der Waals surface area contributed by atoms with Crippen molar-refractivity contribution in [1.29, 1.82) is 0 Å². The van der Waals surface area contributed by atoms with E-state index in [1.54, 1.807) is 12.3 Å². The quantitative estimate of drug-likeness (QED) is 0.874. The van der Waals surface area contributed by atoms with Crippen LogP contribution in [0.5, 0.6) is 0 Å². The van der Waals surface area contributed by atoms with Gasteiger partial charge in [-0.2, -0.15) is 0 Å². The fourth-order valence-electron chi connectivity index (χ4n) is 1.50. The molecule has 2 rings (SSSR count). The number of hydrogen-bond donors (Lipinski definition) is 1. The van der Waals surface area contributed by atoms with Crippen LogP contribution in [0.15, 0.2) is 16.8 Å². The van der Waals surface area contributed by atoms with E-state index >= 15 is 0 Å².